The molecular weight excluding hydrogens is 436 g/mol. The molecule has 0 aliphatic carbocycles. The number of carbonyl (C=O) groups is 1. The molecule has 160 valence electrons. The van der Waals surface area contributed by atoms with Crippen LogP contribution in [0.1, 0.15) is 10.4 Å². The number of carbonyl (C=O) groups excluding carboxylic acids is 1. The summed E-state index contributed by atoms with van der Waals surface area (Å²) < 4.78 is 32.9. The van der Waals surface area contributed by atoms with Crippen molar-refractivity contribution in [2.24, 2.45) is 0 Å². The van der Waals surface area contributed by atoms with Gasteiger partial charge in [0.1, 0.15) is 11.5 Å². The SMILES string of the molecule is O=C(c1cccc(Oc2ccccc2)c1)N1CCN(S(=O)(=O)c2ccc(Cl)cc2)CC1. The molecule has 1 heterocycles. The lowest BCUT2D eigenvalue weighted by Crippen LogP contribution is -2.50. The first-order valence-corrected chi connectivity index (χ1v) is 11.6. The Labute approximate surface area is 186 Å². The van der Waals surface area contributed by atoms with Gasteiger partial charge >= 0.3 is 0 Å². The molecule has 0 aromatic heterocycles. The van der Waals surface area contributed by atoms with Gasteiger partial charge in [0.2, 0.25) is 10.0 Å². The maximum Gasteiger partial charge on any atom is 0.254 e. The number of benzene rings is 3. The molecular formula is C23H21ClN2O4S. The Morgan fingerprint density at radius 3 is 2.13 bits per heavy atom. The van der Waals surface area contributed by atoms with E-state index in [2.05, 4.69) is 0 Å². The molecule has 8 heteroatoms. The lowest BCUT2D eigenvalue weighted by atomic mass is 10.1. The highest BCUT2D eigenvalue weighted by Gasteiger charge is 2.30. The number of sulfonamides is 1. The number of para-hydroxylation sites is 1. The van der Waals surface area contributed by atoms with E-state index in [0.29, 0.717) is 35.2 Å². The molecule has 0 atom stereocenters. The van der Waals surface area contributed by atoms with Crippen molar-refractivity contribution >= 4 is 27.5 Å². The number of hydrogen-bond acceptors (Lipinski definition) is 4. The molecule has 0 unspecified atom stereocenters. The van der Waals surface area contributed by atoms with E-state index >= 15 is 0 Å². The van der Waals surface area contributed by atoms with E-state index in [1.165, 1.54) is 16.4 Å². The maximum atomic E-state index is 13.0. The Kier molecular flexibility index (Phi) is 6.27. The van der Waals surface area contributed by atoms with Crippen LogP contribution < -0.4 is 4.74 Å². The molecule has 3 aromatic rings. The summed E-state index contributed by atoms with van der Waals surface area (Å²) in [4.78, 5) is 14.8. The monoisotopic (exact) mass is 456 g/mol. The zero-order valence-electron chi connectivity index (χ0n) is 16.6. The molecule has 3 aromatic carbocycles. The van der Waals surface area contributed by atoms with Crippen LogP contribution in [0.2, 0.25) is 5.02 Å². The molecule has 0 radical (unpaired) electrons. The van der Waals surface area contributed by atoms with Gasteiger partial charge in [0.05, 0.1) is 4.90 Å². The van der Waals surface area contributed by atoms with Crippen molar-refractivity contribution in [1.82, 2.24) is 9.21 Å². The molecule has 6 nitrogen and oxygen atoms in total. The van der Waals surface area contributed by atoms with Gasteiger partial charge in [0.25, 0.3) is 5.91 Å². The molecule has 0 N–H and O–H groups in total. The molecule has 1 amide bonds. The quantitative estimate of drug-likeness (QED) is 0.574. The minimum atomic E-state index is -3.62. The van der Waals surface area contributed by atoms with Gasteiger partial charge in [0, 0.05) is 36.8 Å². The number of rotatable bonds is 5. The summed E-state index contributed by atoms with van der Waals surface area (Å²) >= 11 is 5.85. The first-order chi connectivity index (χ1) is 14.9. The summed E-state index contributed by atoms with van der Waals surface area (Å²) in [5, 5.41) is 0.479. The number of amides is 1. The van der Waals surface area contributed by atoms with Crippen LogP contribution in [0, 0.1) is 0 Å². The topological polar surface area (TPSA) is 66.9 Å². The van der Waals surface area contributed by atoms with Gasteiger partial charge < -0.3 is 9.64 Å². The Balaban J connectivity index is 1.41. The Hall–Kier alpha value is -2.87. The minimum Gasteiger partial charge on any atom is -0.457 e. The predicted octanol–water partition coefficient (Wildman–Crippen LogP) is 4.28. The second kappa shape index (κ2) is 9.09. The summed E-state index contributed by atoms with van der Waals surface area (Å²) in [6, 6.07) is 22.4. The number of nitrogens with zero attached hydrogens (tertiary/aromatic N) is 2. The number of hydrogen-bond donors (Lipinski definition) is 0. The van der Waals surface area contributed by atoms with E-state index in [1.54, 1.807) is 41.3 Å². The summed E-state index contributed by atoms with van der Waals surface area (Å²) in [6.07, 6.45) is 0. The highest BCUT2D eigenvalue weighted by molar-refractivity contribution is 7.89. The maximum absolute atomic E-state index is 13.0. The van der Waals surface area contributed by atoms with E-state index in [-0.39, 0.29) is 23.9 Å². The van der Waals surface area contributed by atoms with Gasteiger partial charge in [-0.15, -0.1) is 0 Å². The van der Waals surface area contributed by atoms with Gasteiger partial charge in [-0.05, 0) is 54.6 Å². The van der Waals surface area contributed by atoms with Crippen LogP contribution in [0.15, 0.2) is 83.8 Å². The second-order valence-corrected chi connectivity index (χ2v) is 9.47. The number of halogens is 1. The molecule has 4 rings (SSSR count). The first-order valence-electron chi connectivity index (χ1n) is 9.81. The molecule has 1 saturated heterocycles. The van der Waals surface area contributed by atoms with Gasteiger partial charge in [-0.3, -0.25) is 4.79 Å². The third kappa shape index (κ3) is 4.90. The zero-order chi connectivity index (χ0) is 21.8. The van der Waals surface area contributed by atoms with E-state index in [0.717, 1.165) is 0 Å². The standard InChI is InChI=1S/C23H21ClN2O4S/c24-19-9-11-22(12-10-19)31(28,29)26-15-13-25(14-16-26)23(27)18-5-4-8-21(17-18)30-20-6-2-1-3-7-20/h1-12,17H,13-16H2. The fourth-order valence-electron chi connectivity index (χ4n) is 3.39. The molecule has 1 aliphatic heterocycles. The van der Waals surface area contributed by atoms with Crippen LogP contribution >= 0.6 is 11.6 Å². The smallest absolute Gasteiger partial charge is 0.254 e. The van der Waals surface area contributed by atoms with Crippen LogP contribution in [0.3, 0.4) is 0 Å². The molecule has 0 spiro atoms. The average molecular weight is 457 g/mol. The minimum absolute atomic E-state index is 0.151. The number of ether oxygens (including phenoxy) is 1. The predicted molar refractivity (Wildman–Crippen MR) is 119 cm³/mol. The second-order valence-electron chi connectivity index (χ2n) is 7.09. The lowest BCUT2D eigenvalue weighted by molar-refractivity contribution is 0.0697. The van der Waals surface area contributed by atoms with Gasteiger partial charge in [-0.25, -0.2) is 8.42 Å². The molecule has 31 heavy (non-hydrogen) atoms. The summed E-state index contributed by atoms with van der Waals surface area (Å²) in [6.45, 7) is 1.10. The van der Waals surface area contributed by atoms with Crippen molar-refractivity contribution in [3.05, 3.63) is 89.4 Å². The first kappa shape index (κ1) is 21.4. The van der Waals surface area contributed by atoms with E-state index in [4.69, 9.17) is 16.3 Å². The van der Waals surface area contributed by atoms with Crippen LogP contribution in [0.4, 0.5) is 0 Å². The lowest BCUT2D eigenvalue weighted by Gasteiger charge is -2.34. The number of piperazine rings is 1. The van der Waals surface area contributed by atoms with Crippen LogP contribution in [-0.2, 0) is 10.0 Å². The van der Waals surface area contributed by atoms with Crippen LogP contribution in [0.25, 0.3) is 0 Å². The van der Waals surface area contributed by atoms with Crippen molar-refractivity contribution < 1.29 is 17.9 Å². The van der Waals surface area contributed by atoms with Crippen molar-refractivity contribution in [3.8, 4) is 11.5 Å². The summed E-state index contributed by atoms with van der Waals surface area (Å²) in [5.41, 5.74) is 0.502. The summed E-state index contributed by atoms with van der Waals surface area (Å²) in [5.74, 6) is 1.11. The molecule has 1 aliphatic rings. The van der Waals surface area contributed by atoms with Gasteiger partial charge in [0.15, 0.2) is 0 Å². The fraction of sp³-hybridized carbons (Fsp3) is 0.174. The van der Waals surface area contributed by atoms with Crippen molar-refractivity contribution in [2.45, 2.75) is 4.90 Å². The van der Waals surface area contributed by atoms with Crippen molar-refractivity contribution in [2.75, 3.05) is 26.2 Å². The fourth-order valence-corrected chi connectivity index (χ4v) is 4.94. The van der Waals surface area contributed by atoms with Gasteiger partial charge in [-0.1, -0.05) is 35.9 Å². The van der Waals surface area contributed by atoms with E-state index in [9.17, 15) is 13.2 Å². The third-order valence-corrected chi connectivity index (χ3v) is 7.20. The summed E-state index contributed by atoms with van der Waals surface area (Å²) in [7, 11) is -3.62. The third-order valence-electron chi connectivity index (χ3n) is 5.04. The highest BCUT2D eigenvalue weighted by Crippen LogP contribution is 2.24. The Morgan fingerprint density at radius 2 is 1.45 bits per heavy atom. The largest absolute Gasteiger partial charge is 0.457 e. The van der Waals surface area contributed by atoms with Crippen molar-refractivity contribution in [3.63, 3.8) is 0 Å². The van der Waals surface area contributed by atoms with Crippen molar-refractivity contribution in [1.29, 1.82) is 0 Å². The molecule has 0 bridgehead atoms. The van der Waals surface area contributed by atoms with Crippen LogP contribution in [-0.4, -0.2) is 49.7 Å². The van der Waals surface area contributed by atoms with E-state index < -0.39 is 10.0 Å². The Bertz CT molecular complexity index is 1160. The Morgan fingerprint density at radius 1 is 0.806 bits per heavy atom. The van der Waals surface area contributed by atoms with Crippen LogP contribution in [0.5, 0.6) is 11.5 Å². The zero-order valence-corrected chi connectivity index (χ0v) is 18.2. The molecule has 0 saturated carbocycles. The van der Waals surface area contributed by atoms with Gasteiger partial charge in [-0.2, -0.15) is 4.31 Å². The van der Waals surface area contributed by atoms with E-state index in [1.807, 2.05) is 30.3 Å². The average Bonchev–Trinajstić information content (AvgIpc) is 2.80. The highest BCUT2D eigenvalue weighted by atomic mass is 35.5. The molecule has 1 fully saturated rings. The normalized spacial score (nSPS) is 14.9.